The van der Waals surface area contributed by atoms with Crippen LogP contribution in [0.2, 0.25) is 0 Å². The van der Waals surface area contributed by atoms with E-state index >= 15 is 0 Å². The minimum Gasteiger partial charge on any atom is -0.462 e. The normalized spacial score (nSPS) is 11.4. The summed E-state index contributed by atoms with van der Waals surface area (Å²) in [4.78, 5) is 26.6. The lowest BCUT2D eigenvalue weighted by Crippen LogP contribution is -2.18. The predicted octanol–water partition coefficient (Wildman–Crippen LogP) is 4.86. The zero-order valence-corrected chi connectivity index (χ0v) is 16.8. The second-order valence-electron chi connectivity index (χ2n) is 7.28. The van der Waals surface area contributed by atoms with Gasteiger partial charge < -0.3 is 4.74 Å². The third-order valence-corrected chi connectivity index (χ3v) is 5.38. The number of fused-ring (bicyclic) bond motifs is 5. The quantitative estimate of drug-likeness (QED) is 0.409. The Morgan fingerprint density at radius 2 is 1.57 bits per heavy atom. The van der Waals surface area contributed by atoms with Crippen molar-refractivity contribution in [3.63, 3.8) is 0 Å². The van der Waals surface area contributed by atoms with Crippen LogP contribution < -0.4 is 5.56 Å². The number of ether oxygens (including phenoxy) is 1. The van der Waals surface area contributed by atoms with Gasteiger partial charge in [0.15, 0.2) is 0 Å². The predicted molar refractivity (Wildman–Crippen MR) is 118 cm³/mol. The van der Waals surface area contributed by atoms with Crippen LogP contribution in [0.15, 0.2) is 77.6 Å². The molecule has 0 saturated carbocycles. The number of benzene rings is 3. The molecular weight excluding hydrogens is 376 g/mol. The lowest BCUT2D eigenvalue weighted by Gasteiger charge is -2.17. The third-order valence-electron chi connectivity index (χ3n) is 5.38. The van der Waals surface area contributed by atoms with Crippen molar-refractivity contribution in [3.8, 4) is 11.3 Å². The number of para-hydroxylation sites is 1. The number of aryl methyl sites for hydroxylation is 1. The van der Waals surface area contributed by atoms with Crippen LogP contribution in [0.4, 0.5) is 0 Å². The van der Waals surface area contributed by atoms with Gasteiger partial charge in [-0.3, -0.25) is 4.79 Å². The monoisotopic (exact) mass is 396 g/mol. The Balaban J connectivity index is 2.14. The summed E-state index contributed by atoms with van der Waals surface area (Å²) >= 11 is 0. The van der Waals surface area contributed by atoms with Crippen LogP contribution in [-0.2, 0) is 4.74 Å². The topological polar surface area (TPSA) is 52.2 Å². The molecule has 0 unspecified atom stereocenters. The van der Waals surface area contributed by atoms with Gasteiger partial charge in [0.05, 0.1) is 34.3 Å². The second-order valence-corrected chi connectivity index (χ2v) is 7.28. The van der Waals surface area contributed by atoms with E-state index in [4.69, 9.17) is 4.74 Å². The van der Waals surface area contributed by atoms with Crippen molar-refractivity contribution >= 4 is 27.8 Å². The summed E-state index contributed by atoms with van der Waals surface area (Å²) in [5, 5.41) is 1.30. The standard InChI is InChI=1S/C25H20N2O3/c1-3-30-25(29)22-19-15-16(2)13-14-21(19)27-24(28)18-11-7-8-12-20(18)26(27)23(22)17-9-5-4-6-10-17/h4-15H,3H2,1-2H3. The fourth-order valence-corrected chi connectivity index (χ4v) is 4.13. The van der Waals surface area contributed by atoms with Crippen molar-refractivity contribution < 1.29 is 9.53 Å². The van der Waals surface area contributed by atoms with E-state index in [1.54, 1.807) is 11.4 Å². The molecule has 5 heteroatoms. The number of hydrogen-bond acceptors (Lipinski definition) is 3. The highest BCUT2D eigenvalue weighted by molar-refractivity contribution is 6.09. The average Bonchev–Trinajstić information content (AvgIpc) is 3.06. The Kier molecular flexibility index (Phi) is 4.17. The first-order valence-electron chi connectivity index (χ1n) is 9.93. The molecule has 0 saturated heterocycles. The summed E-state index contributed by atoms with van der Waals surface area (Å²) in [6.45, 7) is 4.03. The van der Waals surface area contributed by atoms with E-state index in [0.29, 0.717) is 27.5 Å². The van der Waals surface area contributed by atoms with Crippen molar-refractivity contribution in [2.24, 2.45) is 0 Å². The van der Waals surface area contributed by atoms with E-state index in [2.05, 4.69) is 0 Å². The van der Waals surface area contributed by atoms with E-state index in [9.17, 15) is 9.59 Å². The Labute approximate surface area is 172 Å². The molecule has 0 aliphatic carbocycles. The smallest absolute Gasteiger partial charge is 0.341 e. The summed E-state index contributed by atoms with van der Waals surface area (Å²) in [5.41, 5.74) is 4.24. The minimum atomic E-state index is -0.403. The van der Waals surface area contributed by atoms with Gasteiger partial charge >= 0.3 is 5.97 Å². The zero-order valence-electron chi connectivity index (χ0n) is 16.8. The average molecular weight is 396 g/mol. The lowest BCUT2D eigenvalue weighted by atomic mass is 10.00. The number of aromatic nitrogens is 2. The molecule has 0 radical (unpaired) electrons. The summed E-state index contributed by atoms with van der Waals surface area (Å²) < 4.78 is 8.97. The maximum Gasteiger partial charge on any atom is 0.341 e. The van der Waals surface area contributed by atoms with Gasteiger partial charge in [-0.25, -0.2) is 13.8 Å². The molecule has 0 N–H and O–H groups in total. The molecule has 5 aromatic rings. The summed E-state index contributed by atoms with van der Waals surface area (Å²) in [5.74, 6) is -0.403. The van der Waals surface area contributed by atoms with Gasteiger partial charge in [-0.2, -0.15) is 0 Å². The molecule has 2 heterocycles. The molecule has 0 amide bonds. The highest BCUT2D eigenvalue weighted by atomic mass is 16.5. The molecule has 0 atom stereocenters. The molecule has 0 aliphatic heterocycles. The molecule has 3 aromatic carbocycles. The highest BCUT2D eigenvalue weighted by Crippen LogP contribution is 2.33. The van der Waals surface area contributed by atoms with Crippen LogP contribution in [0.25, 0.3) is 33.1 Å². The Bertz CT molecular complexity index is 1490. The summed E-state index contributed by atoms with van der Waals surface area (Å²) in [6.07, 6.45) is 0. The second kappa shape index (κ2) is 6.88. The lowest BCUT2D eigenvalue weighted by molar-refractivity contribution is 0.0529. The van der Waals surface area contributed by atoms with Crippen LogP contribution in [0.3, 0.4) is 0 Å². The molecular formula is C25H20N2O3. The first-order valence-corrected chi connectivity index (χ1v) is 9.93. The Morgan fingerprint density at radius 1 is 0.867 bits per heavy atom. The number of nitrogens with zero attached hydrogens (tertiary/aromatic N) is 2. The number of hydrogen-bond donors (Lipinski definition) is 0. The third kappa shape index (κ3) is 2.55. The molecule has 2 aromatic heterocycles. The van der Waals surface area contributed by atoms with Crippen LogP contribution in [0.1, 0.15) is 22.8 Å². The highest BCUT2D eigenvalue weighted by Gasteiger charge is 2.25. The van der Waals surface area contributed by atoms with Gasteiger partial charge in [-0.1, -0.05) is 54.1 Å². The molecule has 5 nitrogen and oxygen atoms in total. The fourth-order valence-electron chi connectivity index (χ4n) is 4.13. The van der Waals surface area contributed by atoms with Crippen LogP contribution in [-0.4, -0.2) is 21.6 Å². The summed E-state index contributed by atoms with van der Waals surface area (Å²) in [6, 6.07) is 22.9. The van der Waals surface area contributed by atoms with Crippen LogP contribution >= 0.6 is 0 Å². The van der Waals surface area contributed by atoms with Crippen molar-refractivity contribution in [2.45, 2.75) is 13.8 Å². The van der Waals surface area contributed by atoms with E-state index in [1.807, 2.05) is 84.2 Å². The minimum absolute atomic E-state index is 0.118. The van der Waals surface area contributed by atoms with Gasteiger partial charge in [0.1, 0.15) is 0 Å². The number of esters is 1. The van der Waals surface area contributed by atoms with E-state index < -0.39 is 5.97 Å². The van der Waals surface area contributed by atoms with Crippen LogP contribution in [0.5, 0.6) is 0 Å². The first-order chi connectivity index (χ1) is 14.6. The maximum atomic E-state index is 13.4. The van der Waals surface area contributed by atoms with Crippen molar-refractivity contribution in [3.05, 3.63) is 94.3 Å². The van der Waals surface area contributed by atoms with Gasteiger partial charge in [-0.05, 0) is 38.1 Å². The molecule has 0 spiro atoms. The molecule has 0 aliphatic rings. The molecule has 0 fully saturated rings. The molecule has 5 rings (SSSR count). The van der Waals surface area contributed by atoms with Crippen molar-refractivity contribution in [2.75, 3.05) is 6.61 Å². The SMILES string of the molecule is CCOC(=O)c1c(-c2ccccc2)n2c3ccccc3c(=O)n2c2ccc(C)cc12. The van der Waals surface area contributed by atoms with E-state index in [0.717, 1.165) is 16.6 Å². The zero-order chi connectivity index (χ0) is 20.8. The van der Waals surface area contributed by atoms with Gasteiger partial charge in [0, 0.05) is 10.9 Å². The van der Waals surface area contributed by atoms with Gasteiger partial charge in [-0.15, -0.1) is 0 Å². The number of carbonyl (C=O) groups excluding carboxylic acids is 1. The molecule has 0 bridgehead atoms. The van der Waals surface area contributed by atoms with E-state index in [-0.39, 0.29) is 12.2 Å². The Hall–Kier alpha value is -3.86. The van der Waals surface area contributed by atoms with Gasteiger partial charge in [0.25, 0.3) is 5.56 Å². The molecule has 30 heavy (non-hydrogen) atoms. The van der Waals surface area contributed by atoms with Gasteiger partial charge in [0.2, 0.25) is 0 Å². The maximum absolute atomic E-state index is 13.4. The molecule has 148 valence electrons. The van der Waals surface area contributed by atoms with Crippen molar-refractivity contribution in [1.82, 2.24) is 9.03 Å². The largest absolute Gasteiger partial charge is 0.462 e. The summed E-state index contributed by atoms with van der Waals surface area (Å²) in [7, 11) is 0. The number of carbonyl (C=O) groups is 1. The first kappa shape index (κ1) is 18.2. The van der Waals surface area contributed by atoms with E-state index in [1.165, 1.54) is 0 Å². The Morgan fingerprint density at radius 3 is 2.33 bits per heavy atom. The van der Waals surface area contributed by atoms with Crippen molar-refractivity contribution in [1.29, 1.82) is 0 Å². The fraction of sp³-hybridized carbons (Fsp3) is 0.120. The number of rotatable bonds is 3. The van der Waals surface area contributed by atoms with Crippen LogP contribution in [0, 0.1) is 6.92 Å².